The molecule has 1 unspecified atom stereocenters. The van der Waals surface area contributed by atoms with Gasteiger partial charge in [-0.25, -0.2) is 4.90 Å². The first-order valence-electron chi connectivity index (χ1n) is 8.82. The van der Waals surface area contributed by atoms with Crippen LogP contribution in [0.3, 0.4) is 0 Å². The van der Waals surface area contributed by atoms with Crippen LogP contribution >= 0.6 is 11.3 Å². The number of hydrogen-bond donors (Lipinski definition) is 0. The molecule has 144 valence electrons. The number of anilines is 1. The molecule has 1 fully saturated rings. The number of imide groups is 1. The fourth-order valence-corrected chi connectivity index (χ4v) is 3.95. The molecule has 3 aromatic rings. The molecule has 1 saturated heterocycles. The summed E-state index contributed by atoms with van der Waals surface area (Å²) >= 11 is 1.46. The Hall–Kier alpha value is -3.70. The monoisotopic (exact) mass is 405 g/mol. The zero-order valence-electron chi connectivity index (χ0n) is 15.1. The third-order valence-electron chi connectivity index (χ3n) is 4.65. The van der Waals surface area contributed by atoms with Crippen molar-refractivity contribution in [1.82, 2.24) is 4.90 Å². The largest absolute Gasteiger partial charge is 0.459 e. The van der Waals surface area contributed by atoms with Crippen LogP contribution in [0.2, 0.25) is 0 Å². The second kappa shape index (κ2) is 7.73. The van der Waals surface area contributed by atoms with E-state index < -0.39 is 23.8 Å². The molecule has 0 bridgehead atoms. The zero-order valence-corrected chi connectivity index (χ0v) is 16.0. The Morgan fingerprint density at radius 3 is 2.62 bits per heavy atom. The third kappa shape index (κ3) is 3.56. The van der Waals surface area contributed by atoms with Crippen LogP contribution in [0.1, 0.15) is 27.4 Å². The zero-order chi connectivity index (χ0) is 20.4. The standard InChI is InChI=1S/C21H15N3O4S/c22-12-14-5-7-15(8-6-14)24-19(25)11-17(20(24)26)23(13-16-3-2-10-29-16)21(27)18-4-1-9-28-18/h1-10,17H,11,13H2. The van der Waals surface area contributed by atoms with E-state index in [1.54, 1.807) is 30.3 Å². The Morgan fingerprint density at radius 1 is 1.21 bits per heavy atom. The van der Waals surface area contributed by atoms with Crippen molar-refractivity contribution in [3.63, 3.8) is 0 Å². The summed E-state index contributed by atoms with van der Waals surface area (Å²) in [5, 5.41) is 10.8. The average Bonchev–Trinajstić information content (AvgIpc) is 3.48. The van der Waals surface area contributed by atoms with Crippen LogP contribution in [-0.4, -0.2) is 28.7 Å². The molecule has 1 atom stereocenters. The average molecular weight is 405 g/mol. The predicted octanol–water partition coefficient (Wildman–Crippen LogP) is 3.19. The van der Waals surface area contributed by atoms with Crippen LogP contribution in [-0.2, 0) is 16.1 Å². The number of benzene rings is 1. The summed E-state index contributed by atoms with van der Waals surface area (Å²) in [7, 11) is 0. The van der Waals surface area contributed by atoms with Crippen LogP contribution in [0.4, 0.5) is 5.69 Å². The van der Waals surface area contributed by atoms with Crippen LogP contribution in [0, 0.1) is 11.3 Å². The lowest BCUT2D eigenvalue weighted by Crippen LogP contribution is -2.44. The maximum Gasteiger partial charge on any atom is 0.290 e. The lowest BCUT2D eigenvalue weighted by molar-refractivity contribution is -0.122. The van der Waals surface area contributed by atoms with Crippen LogP contribution in [0.15, 0.2) is 64.6 Å². The van der Waals surface area contributed by atoms with Crippen molar-refractivity contribution in [1.29, 1.82) is 5.26 Å². The molecule has 29 heavy (non-hydrogen) atoms. The topological polar surface area (TPSA) is 94.6 Å². The van der Waals surface area contributed by atoms with Gasteiger partial charge in [0.25, 0.3) is 11.8 Å². The van der Waals surface area contributed by atoms with E-state index in [4.69, 9.17) is 9.68 Å². The van der Waals surface area contributed by atoms with E-state index in [0.717, 1.165) is 9.78 Å². The van der Waals surface area contributed by atoms with E-state index in [1.165, 1.54) is 28.6 Å². The molecular weight excluding hydrogens is 390 g/mol. The van der Waals surface area contributed by atoms with Gasteiger partial charge in [-0.05, 0) is 47.8 Å². The maximum atomic E-state index is 13.1. The minimum absolute atomic E-state index is 0.110. The van der Waals surface area contributed by atoms with E-state index in [0.29, 0.717) is 11.3 Å². The summed E-state index contributed by atoms with van der Waals surface area (Å²) in [6.45, 7) is 0.197. The van der Waals surface area contributed by atoms with Gasteiger partial charge < -0.3 is 9.32 Å². The number of amides is 3. The van der Waals surface area contributed by atoms with Gasteiger partial charge in [0.2, 0.25) is 5.91 Å². The van der Waals surface area contributed by atoms with Crippen LogP contribution in [0.25, 0.3) is 0 Å². The Balaban J connectivity index is 1.65. The summed E-state index contributed by atoms with van der Waals surface area (Å²) in [6.07, 6.45) is 1.28. The van der Waals surface area contributed by atoms with Crippen molar-refractivity contribution in [3.05, 3.63) is 76.4 Å². The summed E-state index contributed by atoms with van der Waals surface area (Å²) in [5.41, 5.74) is 0.805. The SMILES string of the molecule is N#Cc1ccc(N2C(=O)CC(N(Cc3cccs3)C(=O)c3ccco3)C2=O)cc1. The molecule has 0 saturated carbocycles. The first-order chi connectivity index (χ1) is 14.1. The minimum Gasteiger partial charge on any atom is -0.459 e. The Labute approximate surface area is 170 Å². The number of hydrogen-bond acceptors (Lipinski definition) is 6. The van der Waals surface area contributed by atoms with Crippen molar-refractivity contribution in [2.24, 2.45) is 0 Å². The maximum absolute atomic E-state index is 13.1. The quantitative estimate of drug-likeness (QED) is 0.608. The fourth-order valence-electron chi connectivity index (χ4n) is 3.25. The molecule has 1 aliphatic heterocycles. The highest BCUT2D eigenvalue weighted by Gasteiger charge is 2.45. The molecule has 3 amide bonds. The molecule has 1 aromatic carbocycles. The van der Waals surface area contributed by atoms with Crippen molar-refractivity contribution in [3.8, 4) is 6.07 Å². The first-order valence-corrected chi connectivity index (χ1v) is 9.70. The molecular formula is C21H15N3O4S. The number of nitrogens with zero attached hydrogens (tertiary/aromatic N) is 3. The summed E-state index contributed by atoms with van der Waals surface area (Å²) in [6, 6.07) is 14.1. The molecule has 4 rings (SSSR count). The van der Waals surface area contributed by atoms with E-state index in [1.807, 2.05) is 23.6 Å². The molecule has 0 aliphatic carbocycles. The molecule has 1 aliphatic rings. The lowest BCUT2D eigenvalue weighted by atomic mass is 10.2. The Morgan fingerprint density at radius 2 is 2.00 bits per heavy atom. The van der Waals surface area contributed by atoms with Crippen LogP contribution < -0.4 is 4.90 Å². The van der Waals surface area contributed by atoms with Gasteiger partial charge in [0.1, 0.15) is 6.04 Å². The van der Waals surface area contributed by atoms with Gasteiger partial charge in [-0.3, -0.25) is 14.4 Å². The van der Waals surface area contributed by atoms with Gasteiger partial charge in [-0.1, -0.05) is 6.07 Å². The molecule has 7 nitrogen and oxygen atoms in total. The van der Waals surface area contributed by atoms with E-state index in [2.05, 4.69) is 0 Å². The summed E-state index contributed by atoms with van der Waals surface area (Å²) in [4.78, 5) is 42.1. The smallest absolute Gasteiger partial charge is 0.290 e. The van der Waals surface area contributed by atoms with Crippen molar-refractivity contribution in [2.75, 3.05) is 4.90 Å². The summed E-state index contributed by atoms with van der Waals surface area (Å²) < 4.78 is 5.23. The van der Waals surface area contributed by atoms with Gasteiger partial charge in [0.15, 0.2) is 5.76 Å². The van der Waals surface area contributed by atoms with Gasteiger partial charge in [0.05, 0.1) is 36.5 Å². The Bertz CT molecular complexity index is 1080. The number of carbonyl (C=O) groups is 3. The van der Waals surface area contributed by atoms with Gasteiger partial charge in [-0.15, -0.1) is 11.3 Å². The lowest BCUT2D eigenvalue weighted by Gasteiger charge is -2.26. The number of carbonyl (C=O) groups excluding carboxylic acids is 3. The minimum atomic E-state index is -0.933. The van der Waals surface area contributed by atoms with Crippen molar-refractivity contribution in [2.45, 2.75) is 19.0 Å². The number of rotatable bonds is 5. The molecule has 0 spiro atoms. The predicted molar refractivity (Wildman–Crippen MR) is 105 cm³/mol. The van der Waals surface area contributed by atoms with Gasteiger partial charge in [0, 0.05) is 4.88 Å². The fraction of sp³-hybridized carbons (Fsp3) is 0.143. The molecule has 3 heterocycles. The second-order valence-corrected chi connectivity index (χ2v) is 7.47. The van der Waals surface area contributed by atoms with Crippen LogP contribution in [0.5, 0.6) is 0 Å². The van der Waals surface area contributed by atoms with E-state index in [-0.39, 0.29) is 18.7 Å². The first kappa shape index (κ1) is 18.7. The van der Waals surface area contributed by atoms with Gasteiger partial charge in [-0.2, -0.15) is 5.26 Å². The van der Waals surface area contributed by atoms with E-state index in [9.17, 15) is 14.4 Å². The number of thiophene rings is 1. The van der Waals surface area contributed by atoms with E-state index >= 15 is 0 Å². The Kier molecular flexibility index (Phi) is 4.97. The third-order valence-corrected chi connectivity index (χ3v) is 5.51. The molecule has 8 heteroatoms. The normalized spacial score (nSPS) is 16.1. The summed E-state index contributed by atoms with van der Waals surface area (Å²) in [5.74, 6) is -1.21. The highest BCUT2D eigenvalue weighted by Crippen LogP contribution is 2.28. The number of nitriles is 1. The van der Waals surface area contributed by atoms with Gasteiger partial charge >= 0.3 is 0 Å². The molecule has 0 radical (unpaired) electrons. The molecule has 0 N–H and O–H groups in total. The van der Waals surface area contributed by atoms with Crippen molar-refractivity contribution >= 4 is 34.7 Å². The van der Waals surface area contributed by atoms with Crippen molar-refractivity contribution < 1.29 is 18.8 Å². The number of furan rings is 1. The second-order valence-electron chi connectivity index (χ2n) is 6.44. The molecule has 2 aromatic heterocycles. The highest BCUT2D eigenvalue weighted by atomic mass is 32.1. The highest BCUT2D eigenvalue weighted by molar-refractivity contribution is 7.09.